The van der Waals surface area contributed by atoms with Gasteiger partial charge in [0.25, 0.3) is 11.9 Å². The van der Waals surface area contributed by atoms with Crippen LogP contribution in [0, 0.1) is 6.92 Å². The molecule has 1 saturated heterocycles. The number of nitrogens with zero attached hydrogens (tertiary/aromatic N) is 5. The molecule has 0 atom stereocenters. The van der Waals surface area contributed by atoms with Gasteiger partial charge in [0, 0.05) is 44.1 Å². The van der Waals surface area contributed by atoms with Gasteiger partial charge in [-0.1, -0.05) is 6.07 Å². The number of rotatable bonds is 7. The zero-order valence-corrected chi connectivity index (χ0v) is 21.1. The van der Waals surface area contributed by atoms with E-state index in [0.717, 1.165) is 22.7 Å². The predicted octanol–water partition coefficient (Wildman–Crippen LogP) is 2.73. The number of benzene rings is 1. The summed E-state index contributed by atoms with van der Waals surface area (Å²) in [7, 11) is -2.76. The number of oxazole rings is 1. The normalized spacial score (nSPS) is 15.1. The van der Waals surface area contributed by atoms with Crippen molar-refractivity contribution in [3.8, 4) is 5.88 Å². The summed E-state index contributed by atoms with van der Waals surface area (Å²) in [5, 5.41) is 2.58. The number of anilines is 3. The average molecular weight is 556 g/mol. The molecule has 3 heterocycles. The van der Waals surface area contributed by atoms with Gasteiger partial charge in [0.15, 0.2) is 5.69 Å². The van der Waals surface area contributed by atoms with E-state index in [1.807, 2.05) is 9.62 Å². The van der Waals surface area contributed by atoms with Gasteiger partial charge in [0.2, 0.25) is 11.8 Å². The molecular formula is C22H24F3N7O5S. The van der Waals surface area contributed by atoms with Gasteiger partial charge < -0.3 is 19.4 Å². The van der Waals surface area contributed by atoms with Crippen molar-refractivity contribution in [2.75, 3.05) is 43.5 Å². The molecule has 1 fully saturated rings. The van der Waals surface area contributed by atoms with E-state index in [0.29, 0.717) is 30.4 Å². The number of nitrogens with one attached hydrogen (secondary N) is 2. The third kappa shape index (κ3) is 6.31. The standard InChI is InChI=1S/C22H24F3N7O5S/c1-14-4-5-15(22(23,24)25)12-16(14)27-21-28-17(13-37-21)19(33)30-38(34,35)32-9-3-8-31(10-11-32)20-26-7-6-18(29-20)36-2/h4-7,12-13H,3,8-11H2,1-2H3,(H,27,28)(H,30,33). The van der Waals surface area contributed by atoms with Crippen molar-refractivity contribution in [1.82, 2.24) is 24.0 Å². The Hall–Kier alpha value is -3.92. The van der Waals surface area contributed by atoms with Gasteiger partial charge in [-0.3, -0.25) is 4.79 Å². The molecule has 3 aromatic rings. The first-order chi connectivity index (χ1) is 18.0. The minimum atomic E-state index is -4.55. The van der Waals surface area contributed by atoms with Gasteiger partial charge in [-0.25, -0.2) is 9.71 Å². The zero-order chi connectivity index (χ0) is 27.5. The Morgan fingerprint density at radius 3 is 2.66 bits per heavy atom. The summed E-state index contributed by atoms with van der Waals surface area (Å²) in [6, 6.07) is 4.41. The smallest absolute Gasteiger partial charge is 0.416 e. The number of aromatic nitrogens is 3. The molecule has 0 spiro atoms. The van der Waals surface area contributed by atoms with Gasteiger partial charge in [0.05, 0.1) is 12.7 Å². The van der Waals surface area contributed by atoms with E-state index in [4.69, 9.17) is 9.15 Å². The second kappa shape index (κ2) is 10.8. The molecule has 38 heavy (non-hydrogen) atoms. The SMILES string of the molecule is COc1ccnc(N2CCCN(S(=O)(=O)NC(=O)c3coc(Nc4cc(C(F)(F)F)ccc4C)n3)CC2)n1. The Bertz CT molecular complexity index is 1410. The van der Waals surface area contributed by atoms with Gasteiger partial charge >= 0.3 is 16.4 Å². The van der Waals surface area contributed by atoms with E-state index >= 15 is 0 Å². The van der Waals surface area contributed by atoms with Crippen molar-refractivity contribution in [3.63, 3.8) is 0 Å². The Balaban J connectivity index is 1.40. The number of methoxy groups -OCH3 is 1. The lowest BCUT2D eigenvalue weighted by molar-refractivity contribution is -0.137. The molecule has 12 nitrogen and oxygen atoms in total. The number of hydrogen-bond donors (Lipinski definition) is 2. The summed E-state index contributed by atoms with van der Waals surface area (Å²) in [5.74, 6) is -0.285. The molecule has 16 heteroatoms. The molecule has 1 aromatic carbocycles. The number of carbonyl (C=O) groups is 1. The monoisotopic (exact) mass is 555 g/mol. The van der Waals surface area contributed by atoms with Gasteiger partial charge in [-0.15, -0.1) is 0 Å². The number of alkyl halides is 3. The Morgan fingerprint density at radius 1 is 1.13 bits per heavy atom. The molecule has 1 aliphatic heterocycles. The first kappa shape index (κ1) is 27.1. The highest BCUT2D eigenvalue weighted by molar-refractivity contribution is 7.87. The molecule has 2 aromatic heterocycles. The van der Waals surface area contributed by atoms with Crippen LogP contribution in [0.25, 0.3) is 0 Å². The molecule has 1 amide bonds. The average Bonchev–Trinajstić information content (AvgIpc) is 3.18. The Labute approximate surface area is 216 Å². The largest absolute Gasteiger partial charge is 0.481 e. The van der Waals surface area contributed by atoms with Crippen LogP contribution in [-0.4, -0.2) is 66.9 Å². The maximum atomic E-state index is 13.0. The number of amides is 1. The second-order valence-electron chi connectivity index (χ2n) is 8.27. The van der Waals surface area contributed by atoms with Crippen molar-refractivity contribution < 1.29 is 35.5 Å². The van der Waals surface area contributed by atoms with Crippen LogP contribution in [0.15, 0.2) is 41.1 Å². The van der Waals surface area contributed by atoms with E-state index in [9.17, 15) is 26.4 Å². The molecule has 0 bridgehead atoms. The highest BCUT2D eigenvalue weighted by Crippen LogP contribution is 2.33. The lowest BCUT2D eigenvalue weighted by Gasteiger charge is -2.21. The third-order valence-electron chi connectivity index (χ3n) is 5.67. The number of ether oxygens (including phenoxy) is 1. The molecule has 4 rings (SSSR count). The first-order valence-corrected chi connectivity index (χ1v) is 12.7. The minimum absolute atomic E-state index is 0.0592. The number of aryl methyl sites for hydroxylation is 1. The van der Waals surface area contributed by atoms with E-state index < -0.39 is 27.9 Å². The van der Waals surface area contributed by atoms with E-state index in [2.05, 4.69) is 20.3 Å². The fraction of sp³-hybridized carbons (Fsp3) is 0.364. The van der Waals surface area contributed by atoms with Gasteiger partial charge in [-0.2, -0.15) is 35.9 Å². The van der Waals surface area contributed by atoms with Crippen LogP contribution in [0.3, 0.4) is 0 Å². The Kier molecular flexibility index (Phi) is 7.73. The topological polar surface area (TPSA) is 143 Å². The molecule has 0 aliphatic carbocycles. The van der Waals surface area contributed by atoms with Crippen LogP contribution in [-0.2, 0) is 16.4 Å². The van der Waals surface area contributed by atoms with Gasteiger partial charge in [0.1, 0.15) is 6.26 Å². The highest BCUT2D eigenvalue weighted by Gasteiger charge is 2.31. The molecular weight excluding hydrogens is 531 g/mol. The van der Waals surface area contributed by atoms with E-state index in [1.54, 1.807) is 13.0 Å². The first-order valence-electron chi connectivity index (χ1n) is 11.3. The maximum Gasteiger partial charge on any atom is 0.416 e. The molecule has 0 unspecified atom stereocenters. The van der Waals surface area contributed by atoms with Crippen LogP contribution >= 0.6 is 0 Å². The molecule has 204 valence electrons. The maximum absolute atomic E-state index is 13.0. The van der Waals surface area contributed by atoms with Crippen LogP contribution in [0.5, 0.6) is 5.88 Å². The summed E-state index contributed by atoms with van der Waals surface area (Å²) in [5.41, 5.74) is -0.716. The van der Waals surface area contributed by atoms with Crippen LogP contribution in [0.2, 0.25) is 0 Å². The Morgan fingerprint density at radius 2 is 1.92 bits per heavy atom. The predicted molar refractivity (Wildman–Crippen MR) is 129 cm³/mol. The molecule has 0 radical (unpaired) electrons. The van der Waals surface area contributed by atoms with E-state index in [-0.39, 0.29) is 37.0 Å². The number of halogens is 3. The van der Waals surface area contributed by atoms with Crippen molar-refractivity contribution in [2.24, 2.45) is 0 Å². The minimum Gasteiger partial charge on any atom is -0.481 e. The van der Waals surface area contributed by atoms with E-state index in [1.165, 1.54) is 19.4 Å². The van der Waals surface area contributed by atoms with Crippen molar-refractivity contribution in [1.29, 1.82) is 0 Å². The molecule has 2 N–H and O–H groups in total. The molecule has 1 aliphatic rings. The van der Waals surface area contributed by atoms with Crippen LogP contribution in [0.4, 0.5) is 30.8 Å². The molecule has 0 saturated carbocycles. The van der Waals surface area contributed by atoms with Crippen LogP contribution < -0.4 is 19.7 Å². The zero-order valence-electron chi connectivity index (χ0n) is 20.3. The number of hydrogen-bond acceptors (Lipinski definition) is 10. The van der Waals surface area contributed by atoms with Crippen molar-refractivity contribution in [2.45, 2.75) is 19.5 Å². The summed E-state index contributed by atoms with van der Waals surface area (Å²) >= 11 is 0. The quantitative estimate of drug-likeness (QED) is 0.447. The third-order valence-corrected chi connectivity index (χ3v) is 7.16. The fourth-order valence-electron chi connectivity index (χ4n) is 3.65. The highest BCUT2D eigenvalue weighted by atomic mass is 32.2. The van der Waals surface area contributed by atoms with Crippen LogP contribution in [0.1, 0.15) is 28.0 Å². The summed E-state index contributed by atoms with van der Waals surface area (Å²) in [6.45, 7) is 2.54. The lowest BCUT2D eigenvalue weighted by atomic mass is 10.1. The fourth-order valence-corrected chi connectivity index (χ4v) is 4.81. The summed E-state index contributed by atoms with van der Waals surface area (Å²) in [6.07, 6.45) is -1.66. The van der Waals surface area contributed by atoms with Crippen molar-refractivity contribution >= 4 is 33.8 Å². The summed E-state index contributed by atoms with van der Waals surface area (Å²) < 4.78 is 78.2. The number of carbonyl (C=O) groups excluding carboxylic acids is 1. The lowest BCUT2D eigenvalue weighted by Crippen LogP contribution is -2.45. The second-order valence-corrected chi connectivity index (χ2v) is 9.94. The summed E-state index contributed by atoms with van der Waals surface area (Å²) in [4.78, 5) is 26.7. The van der Waals surface area contributed by atoms with Gasteiger partial charge in [-0.05, 0) is 31.0 Å². The van der Waals surface area contributed by atoms with Crippen molar-refractivity contribution in [3.05, 3.63) is 53.5 Å².